The van der Waals surface area contributed by atoms with Gasteiger partial charge in [0.1, 0.15) is 6.54 Å². The Morgan fingerprint density at radius 1 is 1.21 bits per heavy atom. The lowest BCUT2D eigenvalue weighted by Gasteiger charge is -2.25. The summed E-state index contributed by atoms with van der Waals surface area (Å²) in [6.07, 6.45) is 2.39. The molecule has 0 bridgehead atoms. The van der Waals surface area contributed by atoms with E-state index in [-0.39, 0.29) is 12.5 Å². The normalized spacial score (nSPS) is 17.3. The number of nitrogens with one attached hydrogen (secondary N) is 2. The van der Waals surface area contributed by atoms with Gasteiger partial charge in [-0.2, -0.15) is 0 Å². The predicted octanol–water partition coefficient (Wildman–Crippen LogP) is 2.54. The Morgan fingerprint density at radius 3 is 2.76 bits per heavy atom. The smallest absolute Gasteiger partial charge is 0.243 e. The minimum Gasteiger partial charge on any atom is -0.355 e. The fourth-order valence-corrected chi connectivity index (χ4v) is 4.06. The van der Waals surface area contributed by atoms with E-state index in [9.17, 15) is 4.79 Å². The highest BCUT2D eigenvalue weighted by Gasteiger charge is 2.24. The van der Waals surface area contributed by atoms with E-state index in [1.54, 1.807) is 30.3 Å². The summed E-state index contributed by atoms with van der Waals surface area (Å²) in [7, 11) is 3.51. The van der Waals surface area contributed by atoms with Gasteiger partial charge in [-0.25, -0.2) is 4.99 Å². The number of rotatable bonds is 8. The van der Waals surface area contributed by atoms with Crippen molar-refractivity contribution in [2.24, 2.45) is 4.99 Å². The average molecular weight is 414 g/mol. The summed E-state index contributed by atoms with van der Waals surface area (Å²) in [5.74, 6) is 0.689. The van der Waals surface area contributed by atoms with Crippen molar-refractivity contribution in [1.29, 1.82) is 0 Å². The average Bonchev–Trinajstić information content (AvgIpc) is 3.40. The maximum absolute atomic E-state index is 12.0. The van der Waals surface area contributed by atoms with Crippen LogP contribution < -0.4 is 10.6 Å². The maximum atomic E-state index is 12.0. The first kappa shape index (κ1) is 21.3. The first-order valence-corrected chi connectivity index (χ1v) is 11.0. The fraction of sp³-hybridized carbons (Fsp3) is 0.455. The number of hydrogen-bond acceptors (Lipinski definition) is 4. The molecule has 1 aromatic heterocycles. The molecule has 2 aromatic rings. The molecule has 1 aliphatic rings. The summed E-state index contributed by atoms with van der Waals surface area (Å²) in [5, 5.41) is 8.90. The number of amides is 1. The van der Waals surface area contributed by atoms with E-state index in [2.05, 4.69) is 62.3 Å². The largest absolute Gasteiger partial charge is 0.355 e. The lowest BCUT2D eigenvalue weighted by atomic mass is 10.2. The molecule has 1 aromatic carbocycles. The zero-order valence-corrected chi connectivity index (χ0v) is 18.1. The van der Waals surface area contributed by atoms with Crippen molar-refractivity contribution < 1.29 is 4.79 Å². The molecule has 1 atom stereocenters. The van der Waals surface area contributed by atoms with E-state index in [4.69, 9.17) is 0 Å². The monoisotopic (exact) mass is 413 g/mol. The number of nitrogens with zero attached hydrogens (tertiary/aromatic N) is 3. The van der Waals surface area contributed by atoms with Crippen molar-refractivity contribution in [3.8, 4) is 0 Å². The predicted molar refractivity (Wildman–Crippen MR) is 120 cm³/mol. The quantitative estimate of drug-likeness (QED) is 0.516. The van der Waals surface area contributed by atoms with Gasteiger partial charge >= 0.3 is 0 Å². The van der Waals surface area contributed by atoms with Crippen LogP contribution in [0.5, 0.6) is 0 Å². The first-order chi connectivity index (χ1) is 14.1. The van der Waals surface area contributed by atoms with Crippen molar-refractivity contribution in [3.05, 3.63) is 58.3 Å². The van der Waals surface area contributed by atoms with Gasteiger partial charge in [0.15, 0.2) is 5.96 Å². The van der Waals surface area contributed by atoms with E-state index < -0.39 is 0 Å². The summed E-state index contributed by atoms with van der Waals surface area (Å²) in [4.78, 5) is 21.8. The molecule has 0 aliphatic carbocycles. The number of aliphatic imine (C=N–C) groups is 1. The van der Waals surface area contributed by atoms with Crippen molar-refractivity contribution in [3.63, 3.8) is 0 Å². The highest BCUT2D eigenvalue weighted by atomic mass is 32.1. The zero-order valence-electron chi connectivity index (χ0n) is 17.3. The lowest BCUT2D eigenvalue weighted by Crippen LogP contribution is -2.45. The molecule has 1 fully saturated rings. The second-order valence-corrected chi connectivity index (χ2v) is 8.55. The second kappa shape index (κ2) is 11.0. The van der Waals surface area contributed by atoms with Crippen LogP contribution in [0.25, 0.3) is 0 Å². The van der Waals surface area contributed by atoms with Gasteiger partial charge in [-0.1, -0.05) is 36.4 Å². The van der Waals surface area contributed by atoms with Gasteiger partial charge in [-0.3, -0.25) is 9.69 Å². The fourth-order valence-electron chi connectivity index (χ4n) is 3.41. The van der Waals surface area contributed by atoms with Crippen molar-refractivity contribution >= 4 is 23.2 Å². The van der Waals surface area contributed by atoms with Crippen LogP contribution in [-0.2, 0) is 17.9 Å². The Morgan fingerprint density at radius 2 is 2.03 bits per heavy atom. The molecule has 2 N–H and O–H groups in total. The number of carbonyl (C=O) groups excluding carboxylic acids is 1. The van der Waals surface area contributed by atoms with Gasteiger partial charge in [0.25, 0.3) is 0 Å². The number of benzene rings is 1. The third-order valence-corrected chi connectivity index (χ3v) is 5.99. The van der Waals surface area contributed by atoms with Gasteiger partial charge in [-0.05, 0) is 36.4 Å². The molecule has 1 aliphatic heterocycles. The van der Waals surface area contributed by atoms with Gasteiger partial charge in [0.05, 0.1) is 6.54 Å². The minimum atomic E-state index is -0.00575. The first-order valence-electron chi connectivity index (χ1n) is 10.1. The van der Waals surface area contributed by atoms with Crippen LogP contribution in [0.15, 0.2) is 52.8 Å². The SMILES string of the molecule is CN(C)C(=O)CN=C(NCc1cccs1)NCC1CCCN1Cc1ccccc1. The molecule has 7 heteroatoms. The summed E-state index contributed by atoms with van der Waals surface area (Å²) >= 11 is 1.71. The molecule has 1 unspecified atom stereocenters. The number of likely N-dealkylation sites (tertiary alicyclic amines) is 1. The van der Waals surface area contributed by atoms with Crippen LogP contribution in [0.4, 0.5) is 0 Å². The number of thiophene rings is 1. The van der Waals surface area contributed by atoms with Gasteiger partial charge < -0.3 is 15.5 Å². The standard InChI is InChI=1S/C22H31N5OS/c1-26(2)21(28)16-25-22(24-15-20-11-7-13-29-20)23-14-19-10-6-12-27(19)17-18-8-4-3-5-9-18/h3-5,7-9,11,13,19H,6,10,12,14-17H2,1-2H3,(H2,23,24,25). The van der Waals surface area contributed by atoms with E-state index in [0.29, 0.717) is 18.5 Å². The number of carbonyl (C=O) groups is 1. The number of hydrogen-bond donors (Lipinski definition) is 2. The molecular weight excluding hydrogens is 382 g/mol. The van der Waals surface area contributed by atoms with E-state index in [1.807, 2.05) is 6.07 Å². The summed E-state index contributed by atoms with van der Waals surface area (Å²) < 4.78 is 0. The molecule has 1 saturated heterocycles. The van der Waals surface area contributed by atoms with Gasteiger partial charge in [-0.15, -0.1) is 11.3 Å². The van der Waals surface area contributed by atoms with Crippen molar-refractivity contribution in [1.82, 2.24) is 20.4 Å². The highest BCUT2D eigenvalue weighted by molar-refractivity contribution is 7.09. The van der Waals surface area contributed by atoms with Crippen molar-refractivity contribution in [2.45, 2.75) is 32.0 Å². The van der Waals surface area contributed by atoms with Crippen LogP contribution in [0.2, 0.25) is 0 Å². The van der Waals surface area contributed by atoms with Crippen LogP contribution in [0.3, 0.4) is 0 Å². The third-order valence-electron chi connectivity index (χ3n) is 5.11. The molecule has 0 radical (unpaired) electrons. The molecule has 156 valence electrons. The Bertz CT molecular complexity index is 776. The third kappa shape index (κ3) is 6.87. The number of guanidine groups is 1. The van der Waals surface area contributed by atoms with E-state index in [1.165, 1.54) is 23.3 Å². The Kier molecular flexibility index (Phi) is 8.07. The zero-order chi connectivity index (χ0) is 20.5. The molecular formula is C22H31N5OS. The molecule has 0 saturated carbocycles. The van der Waals surface area contributed by atoms with Crippen LogP contribution in [0, 0.1) is 0 Å². The molecule has 2 heterocycles. The summed E-state index contributed by atoms with van der Waals surface area (Å²) in [5.41, 5.74) is 1.35. The Labute approximate surface area is 177 Å². The molecule has 0 spiro atoms. The topological polar surface area (TPSA) is 60.0 Å². The summed E-state index contributed by atoms with van der Waals surface area (Å²) in [6, 6.07) is 15.2. The highest BCUT2D eigenvalue weighted by Crippen LogP contribution is 2.19. The van der Waals surface area contributed by atoms with Gasteiger partial charge in [0, 0.05) is 38.1 Å². The molecule has 6 nitrogen and oxygen atoms in total. The van der Waals surface area contributed by atoms with Crippen LogP contribution in [-0.4, -0.2) is 61.4 Å². The molecule has 29 heavy (non-hydrogen) atoms. The van der Waals surface area contributed by atoms with Crippen LogP contribution in [0.1, 0.15) is 23.3 Å². The minimum absolute atomic E-state index is 0.00575. The molecule has 3 rings (SSSR count). The Hall–Kier alpha value is -2.38. The second-order valence-electron chi connectivity index (χ2n) is 7.52. The number of likely N-dealkylation sites (N-methyl/N-ethyl adjacent to an activating group) is 1. The Balaban J connectivity index is 1.57. The van der Waals surface area contributed by atoms with Crippen LogP contribution >= 0.6 is 11.3 Å². The molecule has 1 amide bonds. The summed E-state index contributed by atoms with van der Waals surface area (Å²) in [6.45, 7) is 3.76. The van der Waals surface area contributed by atoms with E-state index in [0.717, 1.165) is 19.6 Å². The van der Waals surface area contributed by atoms with Gasteiger partial charge in [0.2, 0.25) is 5.91 Å². The van der Waals surface area contributed by atoms with E-state index >= 15 is 0 Å². The maximum Gasteiger partial charge on any atom is 0.243 e. The lowest BCUT2D eigenvalue weighted by molar-refractivity contribution is -0.127. The van der Waals surface area contributed by atoms with Crippen molar-refractivity contribution in [2.75, 3.05) is 33.7 Å².